The average molecular weight is 205 g/mol. The lowest BCUT2D eigenvalue weighted by Gasteiger charge is -2.47. The van der Waals surface area contributed by atoms with Gasteiger partial charge in [0.15, 0.2) is 5.60 Å². The van der Waals surface area contributed by atoms with Gasteiger partial charge in [-0.3, -0.25) is 4.79 Å². The monoisotopic (exact) mass is 205 g/mol. The van der Waals surface area contributed by atoms with E-state index in [1.165, 1.54) is 0 Å². The number of nitrogens with zero attached hydrogens (tertiary/aromatic N) is 1. The molecule has 2 rings (SSSR count). The highest BCUT2D eigenvalue weighted by Gasteiger charge is 2.52. The van der Waals surface area contributed by atoms with Gasteiger partial charge in [-0.25, -0.2) is 0 Å². The number of β-amino-alcohol motifs (C(OH)–C–C–N with tert-alkyl or cyclic N) is 1. The number of benzene rings is 1. The molecule has 1 fully saturated rings. The van der Waals surface area contributed by atoms with Crippen molar-refractivity contribution in [3.05, 3.63) is 35.9 Å². The predicted molar refractivity (Wildman–Crippen MR) is 57.2 cm³/mol. The lowest BCUT2D eigenvalue weighted by atomic mass is 9.84. The van der Waals surface area contributed by atoms with Crippen LogP contribution in [0.2, 0.25) is 0 Å². The van der Waals surface area contributed by atoms with Crippen molar-refractivity contribution in [3.63, 3.8) is 0 Å². The van der Waals surface area contributed by atoms with Gasteiger partial charge in [-0.05, 0) is 19.4 Å². The number of β-lactam (4-membered cyclic amide) rings is 1. The molecule has 0 aromatic heterocycles. The highest BCUT2D eigenvalue weighted by Crippen LogP contribution is 2.34. The molecule has 1 heterocycles. The van der Waals surface area contributed by atoms with Gasteiger partial charge in [-0.1, -0.05) is 30.3 Å². The van der Waals surface area contributed by atoms with E-state index in [-0.39, 0.29) is 11.9 Å². The lowest BCUT2D eigenvalue weighted by Crippen LogP contribution is -2.66. The van der Waals surface area contributed by atoms with Gasteiger partial charge in [0.1, 0.15) is 0 Å². The molecule has 0 spiro atoms. The Morgan fingerprint density at radius 2 is 1.93 bits per heavy atom. The first-order valence-electron chi connectivity index (χ1n) is 5.14. The number of carbonyl (C=O) groups excluding carboxylic acids is 1. The normalized spacial score (nSPS) is 25.6. The minimum atomic E-state index is -1.29. The van der Waals surface area contributed by atoms with Gasteiger partial charge < -0.3 is 10.0 Å². The maximum Gasteiger partial charge on any atom is 0.261 e. The third-order valence-corrected chi connectivity index (χ3v) is 2.89. The number of hydrogen-bond acceptors (Lipinski definition) is 2. The molecule has 1 aliphatic heterocycles. The Hall–Kier alpha value is -1.35. The van der Waals surface area contributed by atoms with Crippen LogP contribution in [0.1, 0.15) is 19.4 Å². The first-order chi connectivity index (χ1) is 7.05. The lowest BCUT2D eigenvalue weighted by molar-refractivity contribution is -0.181. The van der Waals surface area contributed by atoms with E-state index in [4.69, 9.17) is 0 Å². The molecule has 0 bridgehead atoms. The van der Waals surface area contributed by atoms with Crippen molar-refractivity contribution >= 4 is 5.91 Å². The molecule has 3 heteroatoms. The second-order valence-corrected chi connectivity index (χ2v) is 4.25. The summed E-state index contributed by atoms with van der Waals surface area (Å²) in [6.07, 6.45) is 0. The maximum absolute atomic E-state index is 11.8. The summed E-state index contributed by atoms with van der Waals surface area (Å²) in [6, 6.07) is 9.26. The van der Waals surface area contributed by atoms with E-state index in [0.29, 0.717) is 12.1 Å². The molecule has 1 atom stereocenters. The van der Waals surface area contributed by atoms with E-state index in [1.54, 1.807) is 17.0 Å². The quantitative estimate of drug-likeness (QED) is 0.735. The smallest absolute Gasteiger partial charge is 0.261 e. The number of likely N-dealkylation sites (tertiary alicyclic amines) is 1. The molecule has 1 aromatic rings. The van der Waals surface area contributed by atoms with Gasteiger partial charge in [-0.15, -0.1) is 0 Å². The maximum atomic E-state index is 11.8. The number of carbonyl (C=O) groups is 1. The van der Waals surface area contributed by atoms with Gasteiger partial charge in [0.2, 0.25) is 0 Å². The highest BCUT2D eigenvalue weighted by molar-refractivity contribution is 5.92. The van der Waals surface area contributed by atoms with Crippen LogP contribution >= 0.6 is 0 Å². The Kier molecular flexibility index (Phi) is 2.27. The molecule has 0 aliphatic carbocycles. The van der Waals surface area contributed by atoms with E-state index in [1.807, 2.05) is 32.0 Å². The zero-order chi connectivity index (χ0) is 11.1. The van der Waals surface area contributed by atoms with Crippen LogP contribution in [-0.2, 0) is 10.4 Å². The molecule has 1 aliphatic rings. The molecule has 3 nitrogen and oxygen atoms in total. The van der Waals surface area contributed by atoms with Gasteiger partial charge in [0.05, 0.1) is 6.54 Å². The number of hydrogen-bond donors (Lipinski definition) is 1. The molecule has 15 heavy (non-hydrogen) atoms. The van der Waals surface area contributed by atoms with Crippen LogP contribution in [0, 0.1) is 0 Å². The molecule has 80 valence electrons. The summed E-state index contributed by atoms with van der Waals surface area (Å²) in [5.74, 6) is -0.191. The van der Waals surface area contributed by atoms with E-state index >= 15 is 0 Å². The molecule has 1 saturated heterocycles. The fraction of sp³-hybridized carbons (Fsp3) is 0.417. The second-order valence-electron chi connectivity index (χ2n) is 4.25. The highest BCUT2D eigenvalue weighted by atomic mass is 16.3. The fourth-order valence-electron chi connectivity index (χ4n) is 1.88. The van der Waals surface area contributed by atoms with Crippen LogP contribution in [0.25, 0.3) is 0 Å². The summed E-state index contributed by atoms with van der Waals surface area (Å²) in [5.41, 5.74) is -0.599. The minimum Gasteiger partial charge on any atom is -0.374 e. The Morgan fingerprint density at radius 3 is 2.40 bits per heavy atom. The molecule has 1 aromatic carbocycles. The molecule has 0 saturated carbocycles. The Labute approximate surface area is 89.3 Å². The summed E-state index contributed by atoms with van der Waals surface area (Å²) >= 11 is 0. The summed E-state index contributed by atoms with van der Waals surface area (Å²) in [7, 11) is 0. The first kappa shape index (κ1) is 10.2. The summed E-state index contributed by atoms with van der Waals surface area (Å²) in [5, 5.41) is 10.2. The van der Waals surface area contributed by atoms with Crippen LogP contribution in [0.3, 0.4) is 0 Å². The van der Waals surface area contributed by atoms with Gasteiger partial charge in [-0.2, -0.15) is 0 Å². The Bertz CT molecular complexity index is 374. The van der Waals surface area contributed by atoms with Gasteiger partial charge >= 0.3 is 0 Å². The van der Waals surface area contributed by atoms with Crippen molar-refractivity contribution in [1.82, 2.24) is 4.90 Å². The summed E-state index contributed by atoms with van der Waals surface area (Å²) in [4.78, 5) is 13.5. The molecule has 0 radical (unpaired) electrons. The van der Waals surface area contributed by atoms with Crippen molar-refractivity contribution in [2.24, 2.45) is 0 Å². The van der Waals surface area contributed by atoms with Gasteiger partial charge in [0, 0.05) is 6.04 Å². The molecular weight excluding hydrogens is 190 g/mol. The van der Waals surface area contributed by atoms with Gasteiger partial charge in [0.25, 0.3) is 5.91 Å². The van der Waals surface area contributed by atoms with Crippen molar-refractivity contribution in [2.45, 2.75) is 25.5 Å². The van der Waals surface area contributed by atoms with Crippen LogP contribution in [-0.4, -0.2) is 28.5 Å². The van der Waals surface area contributed by atoms with E-state index < -0.39 is 5.60 Å². The Balaban J connectivity index is 2.23. The second kappa shape index (κ2) is 3.35. The van der Waals surface area contributed by atoms with Crippen LogP contribution < -0.4 is 0 Å². The van der Waals surface area contributed by atoms with Crippen molar-refractivity contribution in [3.8, 4) is 0 Å². The topological polar surface area (TPSA) is 40.5 Å². The third kappa shape index (κ3) is 1.43. The predicted octanol–water partition coefficient (Wildman–Crippen LogP) is 1.12. The molecule has 1 N–H and O–H groups in total. The average Bonchev–Trinajstić information content (AvgIpc) is 2.25. The van der Waals surface area contributed by atoms with Crippen molar-refractivity contribution in [2.75, 3.05) is 6.54 Å². The van der Waals surface area contributed by atoms with Crippen LogP contribution in [0.15, 0.2) is 30.3 Å². The third-order valence-electron chi connectivity index (χ3n) is 2.89. The van der Waals surface area contributed by atoms with Crippen LogP contribution in [0.5, 0.6) is 0 Å². The summed E-state index contributed by atoms with van der Waals surface area (Å²) in [6.45, 7) is 4.29. The fourth-order valence-corrected chi connectivity index (χ4v) is 1.88. The Morgan fingerprint density at radius 1 is 1.33 bits per heavy atom. The molecular formula is C12H15NO2. The summed E-state index contributed by atoms with van der Waals surface area (Å²) < 4.78 is 0. The van der Waals surface area contributed by atoms with E-state index in [9.17, 15) is 9.90 Å². The van der Waals surface area contributed by atoms with E-state index in [0.717, 1.165) is 0 Å². The zero-order valence-corrected chi connectivity index (χ0v) is 8.97. The largest absolute Gasteiger partial charge is 0.374 e. The first-order valence-corrected chi connectivity index (χ1v) is 5.14. The number of rotatable bonds is 2. The standard InChI is InChI=1S/C12H15NO2/c1-9(2)13-8-12(15,11(13)14)10-6-4-3-5-7-10/h3-7,9,15H,8H2,1-2H3. The van der Waals surface area contributed by atoms with Crippen molar-refractivity contribution in [1.29, 1.82) is 0 Å². The number of aliphatic hydroxyl groups is 1. The minimum absolute atomic E-state index is 0.154. The SMILES string of the molecule is CC(C)N1CC(O)(c2ccccc2)C1=O. The molecule has 1 amide bonds. The zero-order valence-electron chi connectivity index (χ0n) is 8.97. The van der Waals surface area contributed by atoms with Crippen molar-refractivity contribution < 1.29 is 9.90 Å². The number of amides is 1. The van der Waals surface area contributed by atoms with Crippen LogP contribution in [0.4, 0.5) is 0 Å². The molecule has 1 unspecified atom stereocenters. The van der Waals surface area contributed by atoms with E-state index in [2.05, 4.69) is 0 Å².